The molecule has 0 bridgehead atoms. The van der Waals surface area contributed by atoms with Gasteiger partial charge in [-0.2, -0.15) is 0 Å². The first-order valence-electron chi connectivity index (χ1n) is 8.22. The van der Waals surface area contributed by atoms with Gasteiger partial charge in [0, 0.05) is 19.1 Å². The first kappa shape index (κ1) is 14.1. The summed E-state index contributed by atoms with van der Waals surface area (Å²) in [5.74, 6) is 0.905. The largest absolute Gasteiger partial charge is 0.317 e. The van der Waals surface area contributed by atoms with Gasteiger partial charge in [-0.25, -0.2) is 0 Å². The summed E-state index contributed by atoms with van der Waals surface area (Å²) >= 11 is 0. The quantitative estimate of drug-likeness (QED) is 0.885. The molecule has 2 fully saturated rings. The van der Waals surface area contributed by atoms with Gasteiger partial charge in [-0.1, -0.05) is 29.3 Å². The van der Waals surface area contributed by atoms with E-state index in [2.05, 4.69) is 42.3 Å². The smallest absolute Gasteiger partial charge is 0.0236 e. The van der Waals surface area contributed by atoms with Crippen LogP contribution in [0.3, 0.4) is 0 Å². The van der Waals surface area contributed by atoms with E-state index in [-0.39, 0.29) is 0 Å². The lowest BCUT2D eigenvalue weighted by Gasteiger charge is -2.30. The molecular formula is C18H28N2. The Balaban J connectivity index is 1.64. The summed E-state index contributed by atoms with van der Waals surface area (Å²) in [4.78, 5) is 2.75. The van der Waals surface area contributed by atoms with Gasteiger partial charge in [0.25, 0.3) is 0 Å². The third kappa shape index (κ3) is 3.83. The molecule has 1 aliphatic carbocycles. The SMILES string of the molecule is Cc1cc(C)cc(CN(CC2CCNCC2)C2CC2)c1. The minimum atomic E-state index is 0.866. The van der Waals surface area contributed by atoms with E-state index in [1.165, 1.54) is 62.0 Å². The maximum atomic E-state index is 3.48. The van der Waals surface area contributed by atoms with Crippen molar-refractivity contribution >= 4 is 0 Å². The van der Waals surface area contributed by atoms with Crippen LogP contribution in [-0.2, 0) is 6.54 Å². The van der Waals surface area contributed by atoms with Gasteiger partial charge in [0.15, 0.2) is 0 Å². The molecule has 2 aliphatic rings. The molecule has 1 aromatic rings. The first-order valence-corrected chi connectivity index (χ1v) is 8.22. The lowest BCUT2D eigenvalue weighted by Crippen LogP contribution is -2.37. The number of aryl methyl sites for hydroxylation is 2. The van der Waals surface area contributed by atoms with E-state index in [9.17, 15) is 0 Å². The molecule has 0 aromatic heterocycles. The maximum absolute atomic E-state index is 3.48. The van der Waals surface area contributed by atoms with Crippen molar-refractivity contribution < 1.29 is 0 Å². The lowest BCUT2D eigenvalue weighted by atomic mass is 9.97. The van der Waals surface area contributed by atoms with Crippen molar-refractivity contribution in [2.75, 3.05) is 19.6 Å². The van der Waals surface area contributed by atoms with Gasteiger partial charge in [-0.15, -0.1) is 0 Å². The number of nitrogens with zero attached hydrogens (tertiary/aromatic N) is 1. The maximum Gasteiger partial charge on any atom is 0.0236 e. The number of piperidine rings is 1. The third-order valence-electron chi connectivity index (χ3n) is 4.68. The van der Waals surface area contributed by atoms with Crippen molar-refractivity contribution in [2.45, 2.75) is 52.1 Å². The average molecular weight is 272 g/mol. The molecule has 2 heteroatoms. The van der Waals surface area contributed by atoms with Crippen LogP contribution >= 0.6 is 0 Å². The monoisotopic (exact) mass is 272 g/mol. The standard InChI is InChI=1S/C18H28N2/c1-14-9-15(2)11-17(10-14)13-20(18-3-4-18)12-16-5-7-19-8-6-16/h9-11,16,18-19H,3-8,12-13H2,1-2H3. The molecule has 1 heterocycles. The van der Waals surface area contributed by atoms with Gasteiger partial charge < -0.3 is 5.32 Å². The Labute approximate surface area is 123 Å². The number of benzene rings is 1. The predicted molar refractivity (Wildman–Crippen MR) is 84.9 cm³/mol. The van der Waals surface area contributed by atoms with Gasteiger partial charge >= 0.3 is 0 Å². The Bertz CT molecular complexity index is 424. The van der Waals surface area contributed by atoms with Crippen LogP contribution in [0.2, 0.25) is 0 Å². The fraction of sp³-hybridized carbons (Fsp3) is 0.667. The van der Waals surface area contributed by atoms with Crippen LogP contribution in [0.5, 0.6) is 0 Å². The fourth-order valence-electron chi connectivity index (χ4n) is 3.57. The summed E-state index contributed by atoms with van der Waals surface area (Å²) in [7, 11) is 0. The Hall–Kier alpha value is -0.860. The van der Waals surface area contributed by atoms with Gasteiger partial charge in [0.1, 0.15) is 0 Å². The molecule has 20 heavy (non-hydrogen) atoms. The second-order valence-corrected chi connectivity index (χ2v) is 6.85. The highest BCUT2D eigenvalue weighted by atomic mass is 15.2. The molecule has 1 aliphatic heterocycles. The van der Waals surface area contributed by atoms with Gasteiger partial charge in [0.2, 0.25) is 0 Å². The highest BCUT2D eigenvalue weighted by Crippen LogP contribution is 2.30. The summed E-state index contributed by atoms with van der Waals surface area (Å²) in [5.41, 5.74) is 4.30. The molecule has 0 atom stereocenters. The van der Waals surface area contributed by atoms with Crippen molar-refractivity contribution in [1.29, 1.82) is 0 Å². The third-order valence-corrected chi connectivity index (χ3v) is 4.68. The van der Waals surface area contributed by atoms with Crippen LogP contribution in [0.4, 0.5) is 0 Å². The zero-order valence-corrected chi connectivity index (χ0v) is 13.0. The molecule has 0 unspecified atom stereocenters. The summed E-state index contributed by atoms with van der Waals surface area (Å²) < 4.78 is 0. The van der Waals surface area contributed by atoms with Crippen molar-refractivity contribution in [3.8, 4) is 0 Å². The van der Waals surface area contributed by atoms with Crippen molar-refractivity contribution in [3.63, 3.8) is 0 Å². The van der Waals surface area contributed by atoms with Crippen LogP contribution in [0, 0.1) is 19.8 Å². The van der Waals surface area contributed by atoms with E-state index < -0.39 is 0 Å². The topological polar surface area (TPSA) is 15.3 Å². The Morgan fingerprint density at radius 2 is 1.65 bits per heavy atom. The summed E-state index contributed by atoms with van der Waals surface area (Å²) in [6, 6.07) is 7.87. The van der Waals surface area contributed by atoms with Crippen molar-refractivity contribution in [3.05, 3.63) is 34.9 Å². The fourth-order valence-corrected chi connectivity index (χ4v) is 3.57. The van der Waals surface area contributed by atoms with E-state index in [4.69, 9.17) is 0 Å². The molecule has 1 saturated heterocycles. The summed E-state index contributed by atoms with van der Waals surface area (Å²) in [6.45, 7) is 9.31. The molecule has 2 nitrogen and oxygen atoms in total. The van der Waals surface area contributed by atoms with Gasteiger partial charge in [-0.3, -0.25) is 4.90 Å². The van der Waals surface area contributed by atoms with E-state index >= 15 is 0 Å². The predicted octanol–water partition coefficient (Wildman–Crippen LogP) is 3.27. The molecule has 1 aromatic carbocycles. The van der Waals surface area contributed by atoms with E-state index in [0.29, 0.717) is 0 Å². The van der Waals surface area contributed by atoms with Gasteiger partial charge in [-0.05, 0) is 64.1 Å². The zero-order valence-electron chi connectivity index (χ0n) is 13.0. The molecular weight excluding hydrogens is 244 g/mol. The van der Waals surface area contributed by atoms with E-state index in [1.807, 2.05) is 0 Å². The lowest BCUT2D eigenvalue weighted by molar-refractivity contribution is 0.190. The van der Waals surface area contributed by atoms with Crippen LogP contribution in [0.1, 0.15) is 42.4 Å². The van der Waals surface area contributed by atoms with Crippen molar-refractivity contribution in [2.24, 2.45) is 5.92 Å². The Morgan fingerprint density at radius 3 is 2.25 bits per heavy atom. The Kier molecular flexibility index (Phi) is 4.42. The minimum Gasteiger partial charge on any atom is -0.317 e. The second kappa shape index (κ2) is 6.28. The highest BCUT2D eigenvalue weighted by Gasteiger charge is 2.30. The Morgan fingerprint density at radius 1 is 1.00 bits per heavy atom. The van der Waals surface area contributed by atoms with Crippen LogP contribution in [0.15, 0.2) is 18.2 Å². The van der Waals surface area contributed by atoms with Crippen LogP contribution in [-0.4, -0.2) is 30.6 Å². The van der Waals surface area contributed by atoms with Crippen LogP contribution < -0.4 is 5.32 Å². The van der Waals surface area contributed by atoms with Crippen molar-refractivity contribution in [1.82, 2.24) is 10.2 Å². The van der Waals surface area contributed by atoms with Gasteiger partial charge in [0.05, 0.1) is 0 Å². The average Bonchev–Trinajstić information content (AvgIpc) is 3.22. The first-order chi connectivity index (χ1) is 9.70. The molecule has 110 valence electrons. The molecule has 0 amide bonds. The van der Waals surface area contributed by atoms with E-state index in [1.54, 1.807) is 0 Å². The zero-order chi connectivity index (χ0) is 13.9. The number of hydrogen-bond donors (Lipinski definition) is 1. The summed E-state index contributed by atoms with van der Waals surface area (Å²) in [6.07, 6.45) is 5.54. The van der Waals surface area contributed by atoms with Crippen LogP contribution in [0.25, 0.3) is 0 Å². The minimum absolute atomic E-state index is 0.866. The summed E-state index contributed by atoms with van der Waals surface area (Å²) in [5, 5.41) is 3.48. The second-order valence-electron chi connectivity index (χ2n) is 6.85. The molecule has 0 spiro atoms. The molecule has 0 radical (unpaired) electrons. The highest BCUT2D eigenvalue weighted by molar-refractivity contribution is 5.28. The normalized spacial score (nSPS) is 20.6. The number of nitrogens with one attached hydrogen (secondary N) is 1. The van der Waals surface area contributed by atoms with E-state index in [0.717, 1.165) is 18.5 Å². The number of rotatable bonds is 5. The molecule has 1 saturated carbocycles. The molecule has 3 rings (SSSR count). The molecule has 1 N–H and O–H groups in total. The number of hydrogen-bond acceptors (Lipinski definition) is 2.